The van der Waals surface area contributed by atoms with Gasteiger partial charge in [0.25, 0.3) is 0 Å². The van der Waals surface area contributed by atoms with E-state index in [1.165, 1.54) is 6.92 Å². The molecule has 0 aromatic heterocycles. The summed E-state index contributed by atoms with van der Waals surface area (Å²) < 4.78 is 0. The average Bonchev–Trinajstić information content (AvgIpc) is 1.99. The van der Waals surface area contributed by atoms with Crippen molar-refractivity contribution in [1.29, 1.82) is 0 Å². The molecule has 0 spiro atoms. The molecular weight excluding hydrogens is 178 g/mol. The Hall–Kier alpha value is -0.860. The number of hydrogen-bond acceptors (Lipinski definition) is 2. The first-order chi connectivity index (χ1) is 6.28. The molecule has 0 aromatic carbocycles. The minimum absolute atomic E-state index is 0.0150. The van der Waals surface area contributed by atoms with Crippen LogP contribution in [0.3, 0.4) is 0 Å². The highest BCUT2D eigenvalue weighted by molar-refractivity contribution is 5.81. The van der Waals surface area contributed by atoms with E-state index in [0.29, 0.717) is 6.42 Å². The predicted molar refractivity (Wildman–Crippen MR) is 57.0 cm³/mol. The van der Waals surface area contributed by atoms with Crippen molar-refractivity contribution < 1.29 is 9.59 Å². The van der Waals surface area contributed by atoms with Crippen LogP contribution in [-0.2, 0) is 9.59 Å². The van der Waals surface area contributed by atoms with Crippen molar-refractivity contribution in [1.82, 2.24) is 5.32 Å². The van der Waals surface area contributed by atoms with Crippen LogP contribution in [0.4, 0.5) is 0 Å². The third-order valence-electron chi connectivity index (χ3n) is 2.21. The summed E-state index contributed by atoms with van der Waals surface area (Å²) >= 11 is 0. The van der Waals surface area contributed by atoms with Gasteiger partial charge in [-0.2, -0.15) is 0 Å². The molecule has 0 bridgehead atoms. The minimum atomic E-state index is -0.424. The highest BCUT2D eigenvalue weighted by atomic mass is 16.2. The van der Waals surface area contributed by atoms with Gasteiger partial charge in [-0.3, -0.25) is 9.59 Å². The second-order valence-corrected chi connectivity index (χ2v) is 4.56. The number of Topliss-reactive ketones (excluding diaryl/α,β-unsaturated/α-hetero) is 1. The summed E-state index contributed by atoms with van der Waals surface area (Å²) in [7, 11) is 0. The van der Waals surface area contributed by atoms with Gasteiger partial charge in [-0.15, -0.1) is 0 Å². The van der Waals surface area contributed by atoms with Crippen LogP contribution in [0.25, 0.3) is 0 Å². The number of carbonyl (C=O) groups is 2. The van der Waals surface area contributed by atoms with E-state index in [1.54, 1.807) is 0 Å². The Morgan fingerprint density at radius 3 is 2.21 bits per heavy atom. The maximum absolute atomic E-state index is 11.5. The molecule has 1 N–H and O–H groups in total. The zero-order chi connectivity index (χ0) is 11.4. The van der Waals surface area contributed by atoms with E-state index >= 15 is 0 Å². The van der Waals surface area contributed by atoms with Gasteiger partial charge in [0.15, 0.2) is 0 Å². The van der Waals surface area contributed by atoms with Crippen molar-refractivity contribution in [3.63, 3.8) is 0 Å². The molecule has 0 aliphatic carbocycles. The number of hydrogen-bond donors (Lipinski definition) is 1. The van der Waals surface area contributed by atoms with E-state index in [1.807, 2.05) is 27.7 Å². The molecule has 3 heteroatoms. The van der Waals surface area contributed by atoms with Gasteiger partial charge in [-0.25, -0.2) is 0 Å². The van der Waals surface area contributed by atoms with E-state index < -0.39 is 5.54 Å². The van der Waals surface area contributed by atoms with Crippen LogP contribution in [-0.4, -0.2) is 17.2 Å². The molecule has 1 unspecified atom stereocenters. The molecule has 0 saturated heterocycles. The second-order valence-electron chi connectivity index (χ2n) is 4.56. The molecule has 0 aromatic rings. The smallest absolute Gasteiger partial charge is 0.223 e. The zero-order valence-electron chi connectivity index (χ0n) is 9.81. The van der Waals surface area contributed by atoms with E-state index in [9.17, 15) is 9.59 Å². The highest BCUT2D eigenvalue weighted by Gasteiger charge is 2.23. The van der Waals surface area contributed by atoms with Gasteiger partial charge in [0, 0.05) is 17.9 Å². The van der Waals surface area contributed by atoms with E-state index in [0.717, 1.165) is 6.42 Å². The highest BCUT2D eigenvalue weighted by Crippen LogP contribution is 2.11. The number of nitrogens with one attached hydrogen (secondary N) is 1. The first-order valence-corrected chi connectivity index (χ1v) is 5.10. The topological polar surface area (TPSA) is 46.2 Å². The van der Waals surface area contributed by atoms with Crippen molar-refractivity contribution in [3.05, 3.63) is 0 Å². The van der Waals surface area contributed by atoms with E-state index in [4.69, 9.17) is 0 Å². The van der Waals surface area contributed by atoms with E-state index in [-0.39, 0.29) is 17.6 Å². The molecule has 14 heavy (non-hydrogen) atoms. The third-order valence-corrected chi connectivity index (χ3v) is 2.21. The normalized spacial score (nSPS) is 13.5. The summed E-state index contributed by atoms with van der Waals surface area (Å²) in [5.74, 6) is 0.138. The second kappa shape index (κ2) is 5.13. The van der Waals surface area contributed by atoms with E-state index in [2.05, 4.69) is 5.32 Å². The first kappa shape index (κ1) is 13.1. The summed E-state index contributed by atoms with van der Waals surface area (Å²) in [5.41, 5.74) is -0.424. The van der Waals surface area contributed by atoms with Gasteiger partial charge in [-0.1, -0.05) is 13.8 Å². The van der Waals surface area contributed by atoms with Gasteiger partial charge >= 0.3 is 0 Å². The number of carbonyl (C=O) groups excluding carboxylic acids is 2. The fraction of sp³-hybridized carbons (Fsp3) is 0.818. The molecule has 0 saturated carbocycles. The lowest BCUT2D eigenvalue weighted by molar-refractivity contribution is -0.126. The molecule has 82 valence electrons. The first-order valence-electron chi connectivity index (χ1n) is 5.10. The van der Waals surface area contributed by atoms with Crippen LogP contribution in [0, 0.1) is 5.92 Å². The molecule has 0 aliphatic heterocycles. The van der Waals surface area contributed by atoms with Crippen molar-refractivity contribution in [2.75, 3.05) is 0 Å². The SMILES string of the molecule is CCC(C)C(=O)NC(C)(C)CC(C)=O. The Bertz CT molecular complexity index is 221. The molecule has 0 radical (unpaired) electrons. The molecular formula is C11H21NO2. The molecule has 1 amide bonds. The molecule has 0 aliphatic rings. The van der Waals surface area contributed by atoms with Crippen LogP contribution in [0.15, 0.2) is 0 Å². The Labute approximate surface area is 86.3 Å². The van der Waals surface area contributed by atoms with Crippen molar-refractivity contribution >= 4 is 11.7 Å². The maximum Gasteiger partial charge on any atom is 0.223 e. The zero-order valence-corrected chi connectivity index (χ0v) is 9.81. The summed E-state index contributed by atoms with van der Waals surface area (Å²) in [6.45, 7) is 9.14. The third kappa shape index (κ3) is 5.00. The van der Waals surface area contributed by atoms with Crippen molar-refractivity contribution in [2.24, 2.45) is 5.92 Å². The number of ketones is 1. The van der Waals surface area contributed by atoms with Crippen LogP contribution in [0.2, 0.25) is 0 Å². The van der Waals surface area contributed by atoms with Crippen LogP contribution < -0.4 is 5.32 Å². The summed E-state index contributed by atoms with van der Waals surface area (Å²) in [4.78, 5) is 22.5. The lowest BCUT2D eigenvalue weighted by Crippen LogP contribution is -2.46. The molecule has 0 heterocycles. The van der Waals surface area contributed by atoms with Gasteiger partial charge < -0.3 is 5.32 Å². The van der Waals surface area contributed by atoms with Crippen LogP contribution in [0.5, 0.6) is 0 Å². The van der Waals surface area contributed by atoms with Crippen molar-refractivity contribution in [2.45, 2.75) is 53.0 Å². The largest absolute Gasteiger partial charge is 0.351 e. The number of rotatable bonds is 5. The summed E-state index contributed by atoms with van der Waals surface area (Å²) in [6.07, 6.45) is 1.21. The van der Waals surface area contributed by atoms with Gasteiger partial charge in [0.1, 0.15) is 5.78 Å². The molecule has 0 rings (SSSR count). The molecule has 0 fully saturated rings. The fourth-order valence-corrected chi connectivity index (χ4v) is 1.31. The van der Waals surface area contributed by atoms with Gasteiger partial charge in [-0.05, 0) is 27.2 Å². The summed E-state index contributed by atoms with van der Waals surface area (Å²) in [6, 6.07) is 0. The monoisotopic (exact) mass is 199 g/mol. The Morgan fingerprint density at radius 2 is 1.86 bits per heavy atom. The lowest BCUT2D eigenvalue weighted by Gasteiger charge is -2.26. The maximum atomic E-state index is 11.5. The van der Waals surface area contributed by atoms with Crippen LogP contribution in [0.1, 0.15) is 47.5 Å². The quantitative estimate of drug-likeness (QED) is 0.735. The lowest BCUT2D eigenvalue weighted by atomic mass is 9.96. The Morgan fingerprint density at radius 1 is 1.36 bits per heavy atom. The molecule has 1 atom stereocenters. The average molecular weight is 199 g/mol. The predicted octanol–water partition coefficient (Wildman–Crippen LogP) is 1.91. The summed E-state index contributed by atoms with van der Waals surface area (Å²) in [5, 5.41) is 2.88. The van der Waals surface area contributed by atoms with Gasteiger partial charge in [0.05, 0.1) is 0 Å². The standard InChI is InChI=1S/C11H21NO2/c1-6-8(2)10(14)12-11(4,5)7-9(3)13/h8H,6-7H2,1-5H3,(H,12,14). The Balaban J connectivity index is 4.21. The van der Waals surface area contributed by atoms with Crippen molar-refractivity contribution in [3.8, 4) is 0 Å². The minimum Gasteiger partial charge on any atom is -0.351 e. The van der Waals surface area contributed by atoms with Gasteiger partial charge in [0.2, 0.25) is 5.91 Å². The Kier molecular flexibility index (Phi) is 4.81. The van der Waals surface area contributed by atoms with Crippen LogP contribution >= 0.6 is 0 Å². The molecule has 3 nitrogen and oxygen atoms in total. The fourth-order valence-electron chi connectivity index (χ4n) is 1.31. The number of amides is 1.